The Bertz CT molecular complexity index is 719. The summed E-state index contributed by atoms with van der Waals surface area (Å²) in [5.74, 6) is 0.961. The first-order valence-electron chi connectivity index (χ1n) is 8.01. The Morgan fingerprint density at radius 3 is 2.37 bits per heavy atom. The minimum atomic E-state index is -0.774. The molecule has 0 spiro atoms. The Kier molecular flexibility index (Phi) is 10.9. The standard InChI is InChI=1S/C18H22N4O4.ClH/c1-3-13(11-17(25)26-4-2)21-15(23)9-10-16(24)22-14-7-5-12(6-8-14)18(19)20;/h1,5-8,13H,4,9-11H2,2H3,(H3,19,20)(H,21,23)(H,22,24);1H/t13-;/m1./s1. The van der Waals surface area contributed by atoms with Crippen molar-refractivity contribution in [3.05, 3.63) is 29.8 Å². The van der Waals surface area contributed by atoms with Crippen LogP contribution in [0.5, 0.6) is 0 Å². The van der Waals surface area contributed by atoms with Gasteiger partial charge in [-0.15, -0.1) is 6.42 Å². The molecule has 1 atom stereocenters. The van der Waals surface area contributed by atoms with Gasteiger partial charge in [0.25, 0.3) is 0 Å². The summed E-state index contributed by atoms with van der Waals surface area (Å²) >= 11 is 0. The molecule has 27 heavy (non-hydrogen) atoms. The lowest BCUT2D eigenvalue weighted by Crippen LogP contribution is -3.00. The van der Waals surface area contributed by atoms with E-state index in [1.54, 1.807) is 31.2 Å². The van der Waals surface area contributed by atoms with Crippen molar-refractivity contribution in [3.8, 4) is 12.3 Å². The van der Waals surface area contributed by atoms with Crippen molar-refractivity contribution >= 4 is 29.3 Å². The molecular formula is C18H23ClN4O4. The molecule has 0 saturated carbocycles. The average molecular weight is 395 g/mol. The highest BCUT2D eigenvalue weighted by atomic mass is 35.5. The SMILES string of the molecule is C#C[C@H](CC(=O)OCC)NC(=O)CCC(=O)Nc1ccc(C(=N)N)cc1.[Cl-].[H+]. The van der Waals surface area contributed by atoms with Crippen molar-refractivity contribution in [3.63, 3.8) is 0 Å². The van der Waals surface area contributed by atoms with Crippen LogP contribution in [-0.2, 0) is 19.1 Å². The monoisotopic (exact) mass is 394 g/mol. The van der Waals surface area contributed by atoms with Crippen LogP contribution in [0.25, 0.3) is 0 Å². The lowest BCUT2D eigenvalue weighted by molar-refractivity contribution is -0.143. The highest BCUT2D eigenvalue weighted by molar-refractivity contribution is 5.96. The molecule has 2 amide bonds. The third kappa shape index (κ3) is 9.28. The number of ether oxygens (including phenoxy) is 1. The number of benzene rings is 1. The number of esters is 1. The minimum absolute atomic E-state index is 0. The second-order valence-corrected chi connectivity index (χ2v) is 5.34. The second-order valence-electron chi connectivity index (χ2n) is 5.34. The Morgan fingerprint density at radius 2 is 1.85 bits per heavy atom. The molecule has 5 N–H and O–H groups in total. The molecule has 0 heterocycles. The van der Waals surface area contributed by atoms with Crippen LogP contribution in [0.15, 0.2) is 24.3 Å². The number of anilines is 1. The molecule has 9 heteroatoms. The van der Waals surface area contributed by atoms with Gasteiger partial charge in [0.05, 0.1) is 13.0 Å². The van der Waals surface area contributed by atoms with Gasteiger partial charge in [-0.1, -0.05) is 5.92 Å². The molecule has 0 fully saturated rings. The Hall–Kier alpha value is -3.05. The predicted octanol–water partition coefficient (Wildman–Crippen LogP) is -2.12. The van der Waals surface area contributed by atoms with E-state index in [-0.39, 0.29) is 51.4 Å². The number of amidine groups is 1. The van der Waals surface area contributed by atoms with Crippen LogP contribution < -0.4 is 28.8 Å². The van der Waals surface area contributed by atoms with Gasteiger partial charge in [-0.2, -0.15) is 0 Å². The third-order valence-corrected chi connectivity index (χ3v) is 3.27. The summed E-state index contributed by atoms with van der Waals surface area (Å²) in [5, 5.41) is 12.4. The Morgan fingerprint density at radius 1 is 1.26 bits per heavy atom. The van der Waals surface area contributed by atoms with Crippen LogP contribution in [-0.4, -0.2) is 36.3 Å². The molecule has 1 rings (SSSR count). The zero-order valence-electron chi connectivity index (χ0n) is 15.9. The zero-order chi connectivity index (χ0) is 19.5. The second kappa shape index (κ2) is 12.3. The van der Waals surface area contributed by atoms with Crippen LogP contribution in [0.3, 0.4) is 0 Å². The maximum Gasteiger partial charge on any atom is 1.00 e. The first kappa shape index (κ1) is 23.9. The van der Waals surface area contributed by atoms with Crippen molar-refractivity contribution in [1.82, 2.24) is 5.32 Å². The summed E-state index contributed by atoms with van der Waals surface area (Å²) in [5.41, 5.74) is 6.43. The van der Waals surface area contributed by atoms with Gasteiger partial charge in [0, 0.05) is 24.1 Å². The number of hydrogen-bond acceptors (Lipinski definition) is 5. The molecule has 146 valence electrons. The Balaban J connectivity index is 0. The van der Waals surface area contributed by atoms with Gasteiger partial charge >= 0.3 is 7.40 Å². The number of nitrogen functional groups attached to an aromatic ring is 1. The number of carbonyl (C=O) groups is 3. The molecule has 0 aliphatic carbocycles. The summed E-state index contributed by atoms with van der Waals surface area (Å²) in [6, 6.07) is 5.67. The van der Waals surface area contributed by atoms with E-state index in [9.17, 15) is 14.4 Å². The van der Waals surface area contributed by atoms with Gasteiger partial charge in [0.2, 0.25) is 11.8 Å². The molecule has 0 aromatic heterocycles. The fourth-order valence-electron chi connectivity index (χ4n) is 1.99. The van der Waals surface area contributed by atoms with Gasteiger partial charge < -0.3 is 33.5 Å². The Labute approximate surface area is 165 Å². The maximum atomic E-state index is 11.9. The van der Waals surface area contributed by atoms with E-state index in [2.05, 4.69) is 16.6 Å². The third-order valence-electron chi connectivity index (χ3n) is 3.27. The largest absolute Gasteiger partial charge is 1.00 e. The van der Waals surface area contributed by atoms with Crippen LogP contribution in [0, 0.1) is 17.8 Å². The number of halogens is 1. The molecule has 0 radical (unpaired) electrons. The number of hydrogen-bond donors (Lipinski definition) is 4. The van der Waals surface area contributed by atoms with Crippen molar-refractivity contribution in [2.75, 3.05) is 11.9 Å². The molecule has 0 bridgehead atoms. The normalized spacial score (nSPS) is 10.5. The van der Waals surface area contributed by atoms with Crippen molar-refractivity contribution in [2.24, 2.45) is 5.73 Å². The molecule has 1 aromatic rings. The smallest absolute Gasteiger partial charge is 1.00 e. The van der Waals surface area contributed by atoms with Gasteiger partial charge in [0.1, 0.15) is 11.9 Å². The topological polar surface area (TPSA) is 134 Å². The first-order chi connectivity index (χ1) is 12.3. The van der Waals surface area contributed by atoms with E-state index < -0.39 is 17.9 Å². The summed E-state index contributed by atoms with van der Waals surface area (Å²) in [6.45, 7) is 1.91. The number of terminal acetylenes is 1. The number of amides is 2. The van der Waals surface area contributed by atoms with E-state index in [4.69, 9.17) is 22.3 Å². The van der Waals surface area contributed by atoms with Crippen LogP contribution in [0.1, 0.15) is 33.2 Å². The molecular weight excluding hydrogens is 372 g/mol. The highest BCUT2D eigenvalue weighted by Crippen LogP contribution is 2.10. The summed E-state index contributed by atoms with van der Waals surface area (Å²) in [6.07, 6.45) is 5.05. The number of nitrogens with one attached hydrogen (secondary N) is 3. The average Bonchev–Trinajstić information content (AvgIpc) is 2.60. The number of nitrogens with two attached hydrogens (primary N) is 1. The van der Waals surface area contributed by atoms with Crippen molar-refractivity contribution in [1.29, 1.82) is 5.41 Å². The summed E-state index contributed by atoms with van der Waals surface area (Å²) in [4.78, 5) is 35.1. The first-order valence-corrected chi connectivity index (χ1v) is 8.01. The molecule has 0 aliphatic heterocycles. The summed E-state index contributed by atoms with van der Waals surface area (Å²) < 4.78 is 4.77. The highest BCUT2D eigenvalue weighted by Gasteiger charge is 2.15. The van der Waals surface area contributed by atoms with Crippen LogP contribution in [0.4, 0.5) is 5.69 Å². The van der Waals surface area contributed by atoms with Crippen LogP contribution >= 0.6 is 0 Å². The molecule has 1 aromatic carbocycles. The summed E-state index contributed by atoms with van der Waals surface area (Å²) in [7, 11) is 0. The fraction of sp³-hybridized carbons (Fsp3) is 0.333. The molecule has 0 aliphatic rings. The number of carbonyl (C=O) groups excluding carboxylic acids is 3. The number of rotatable bonds is 9. The van der Waals surface area contributed by atoms with Crippen molar-refractivity contribution < 1.29 is 33.0 Å². The van der Waals surface area contributed by atoms with Crippen molar-refractivity contribution in [2.45, 2.75) is 32.2 Å². The minimum Gasteiger partial charge on any atom is -1.00 e. The molecule has 0 saturated heterocycles. The van der Waals surface area contributed by atoms with E-state index in [0.29, 0.717) is 11.3 Å². The van der Waals surface area contributed by atoms with Gasteiger partial charge in [-0.25, -0.2) is 0 Å². The fourth-order valence-corrected chi connectivity index (χ4v) is 1.99. The maximum absolute atomic E-state index is 11.9. The van der Waals surface area contributed by atoms with E-state index in [0.717, 1.165) is 0 Å². The molecule has 0 unspecified atom stereocenters. The quantitative estimate of drug-likeness (QED) is 0.164. The van der Waals surface area contributed by atoms with Gasteiger partial charge in [0.15, 0.2) is 0 Å². The van der Waals surface area contributed by atoms with Gasteiger partial charge in [-0.05, 0) is 31.2 Å². The zero-order valence-corrected chi connectivity index (χ0v) is 15.6. The van der Waals surface area contributed by atoms with Crippen LogP contribution in [0.2, 0.25) is 0 Å². The van der Waals surface area contributed by atoms with E-state index in [1.165, 1.54) is 0 Å². The van der Waals surface area contributed by atoms with E-state index in [1.807, 2.05) is 0 Å². The lowest BCUT2D eigenvalue weighted by Gasteiger charge is -2.12. The van der Waals surface area contributed by atoms with Gasteiger partial charge in [-0.3, -0.25) is 19.8 Å². The van der Waals surface area contributed by atoms with E-state index >= 15 is 0 Å². The molecule has 8 nitrogen and oxygen atoms in total. The predicted molar refractivity (Wildman–Crippen MR) is 98.4 cm³/mol. The lowest BCUT2D eigenvalue weighted by atomic mass is 10.2.